The highest BCUT2D eigenvalue weighted by Gasteiger charge is 2.66. The minimum absolute atomic E-state index is 0.0302. The van der Waals surface area contributed by atoms with E-state index in [1.807, 2.05) is 109 Å². The summed E-state index contributed by atoms with van der Waals surface area (Å²) in [5, 5.41) is 11.7. The number of benzene rings is 5. The number of rotatable bonds is 14. The first-order valence-electron chi connectivity index (χ1n) is 19.3. The van der Waals surface area contributed by atoms with Crippen LogP contribution in [0.15, 0.2) is 127 Å². The minimum Gasteiger partial charge on any atom is -0.497 e. The van der Waals surface area contributed by atoms with E-state index in [0.717, 1.165) is 34.2 Å². The number of carbonyl (C=O) groups excluding carboxylic acids is 3. The molecule has 1 spiro atoms. The maximum atomic E-state index is 15.4. The van der Waals surface area contributed by atoms with Crippen LogP contribution in [0.5, 0.6) is 5.75 Å². The predicted octanol–water partition coefficient (Wildman–Crippen LogP) is 7.82. The summed E-state index contributed by atoms with van der Waals surface area (Å²) in [6.45, 7) is 7.18. The fourth-order valence-electron chi connectivity index (χ4n) is 9.01. The quantitative estimate of drug-likeness (QED) is 0.0909. The van der Waals surface area contributed by atoms with Crippen molar-refractivity contribution in [1.82, 2.24) is 4.90 Å². The summed E-state index contributed by atoms with van der Waals surface area (Å²) in [6.07, 6.45) is 0.190. The number of aliphatic hydroxyl groups is 1. The zero-order valence-corrected chi connectivity index (χ0v) is 34.4. The number of ether oxygens (including phenoxy) is 2. The van der Waals surface area contributed by atoms with E-state index in [-0.39, 0.29) is 49.4 Å². The van der Waals surface area contributed by atoms with Crippen molar-refractivity contribution in [3.05, 3.63) is 149 Å². The molecule has 9 nitrogen and oxygen atoms in total. The number of fused-ring (bicyclic) bond motifs is 2. The number of amides is 3. The Balaban J connectivity index is 1.28. The molecule has 294 valence electrons. The van der Waals surface area contributed by atoms with E-state index in [1.54, 1.807) is 27.9 Å². The number of hydrogen-bond acceptors (Lipinski definition) is 6. The monoisotopic (exact) mass is 801 g/mol. The highest BCUT2D eigenvalue weighted by molar-refractivity contribution is 6.91. The van der Waals surface area contributed by atoms with E-state index in [4.69, 9.17) is 21.1 Å². The number of para-hydroxylation sites is 1. The number of carbonyl (C=O) groups is 3. The second kappa shape index (κ2) is 16.7. The molecule has 1 fully saturated rings. The van der Waals surface area contributed by atoms with Gasteiger partial charge in [0.25, 0.3) is 5.91 Å². The number of methoxy groups -OCH3 is 1. The second-order valence-electron chi connectivity index (χ2n) is 15.4. The van der Waals surface area contributed by atoms with Crippen LogP contribution >= 0.6 is 11.6 Å². The number of halogens is 1. The molecular weight excluding hydrogens is 754 g/mol. The highest BCUT2D eigenvalue weighted by Crippen LogP contribution is 2.60. The molecule has 5 aromatic carbocycles. The summed E-state index contributed by atoms with van der Waals surface area (Å²) in [6, 6.07) is 40.3. The molecular formula is C46H48ClN3O6Si. The molecule has 0 aliphatic carbocycles. The Labute approximate surface area is 340 Å². The molecule has 0 unspecified atom stereocenters. The SMILES string of the molecule is COc1ccc([Si](C)(C)[C@@H]2[C@@H](CC(=O)N(CCO)Cc3ccccc3)O[C@]3(C(=O)N(Cc4cccc(N(C=O)c5ccccc5)c4)c4ccc(Cl)cc43)[C@H]2C)cc1. The van der Waals surface area contributed by atoms with Crippen molar-refractivity contribution in [2.45, 2.75) is 56.8 Å². The molecule has 0 radical (unpaired) electrons. The van der Waals surface area contributed by atoms with Gasteiger partial charge in [0.1, 0.15) is 5.75 Å². The van der Waals surface area contributed by atoms with Gasteiger partial charge in [-0.1, -0.05) is 110 Å². The second-order valence-corrected chi connectivity index (χ2v) is 20.5. The third-order valence-corrected chi connectivity index (χ3v) is 16.4. The van der Waals surface area contributed by atoms with Crippen LogP contribution in [0, 0.1) is 5.92 Å². The lowest BCUT2D eigenvalue weighted by atomic mass is 9.82. The highest BCUT2D eigenvalue weighted by atomic mass is 35.5. The predicted molar refractivity (Wildman–Crippen MR) is 227 cm³/mol. The van der Waals surface area contributed by atoms with Crippen molar-refractivity contribution in [2.24, 2.45) is 5.92 Å². The zero-order valence-electron chi connectivity index (χ0n) is 32.7. The van der Waals surface area contributed by atoms with Crippen molar-refractivity contribution >= 4 is 60.1 Å². The van der Waals surface area contributed by atoms with Crippen LogP contribution in [0.25, 0.3) is 0 Å². The van der Waals surface area contributed by atoms with E-state index >= 15 is 4.79 Å². The number of nitrogens with zero attached hydrogens (tertiary/aromatic N) is 3. The molecule has 3 amide bonds. The van der Waals surface area contributed by atoms with Crippen LogP contribution in [0.4, 0.5) is 17.1 Å². The van der Waals surface area contributed by atoms with Crippen molar-refractivity contribution in [1.29, 1.82) is 0 Å². The topological polar surface area (TPSA) is 99.6 Å². The molecule has 1 N–H and O–H groups in total. The minimum atomic E-state index is -2.56. The Morgan fingerprint density at radius 3 is 2.25 bits per heavy atom. The number of anilines is 3. The molecule has 0 aromatic heterocycles. The molecule has 2 aliphatic heterocycles. The van der Waals surface area contributed by atoms with Crippen molar-refractivity contribution < 1.29 is 29.0 Å². The Morgan fingerprint density at radius 1 is 0.912 bits per heavy atom. The Bertz CT molecular complexity index is 2220. The fourth-order valence-corrected chi connectivity index (χ4v) is 13.2. The van der Waals surface area contributed by atoms with Gasteiger partial charge in [-0.05, 0) is 71.3 Å². The van der Waals surface area contributed by atoms with Gasteiger partial charge in [-0.15, -0.1) is 0 Å². The standard InChI is InChI=1S/C46H48ClN3O6Si/c1-32-44(57(3,4)39-21-19-38(55-2)20-22-39)42(28-43(53)48(24-25-51)29-33-12-7-5-8-13-33)56-46(32)40-27-35(47)18-23-41(40)49(45(46)54)30-34-14-11-17-37(26-34)50(31-52)36-15-9-6-10-16-36/h5-23,26-27,31-32,42,44,51H,24-25,28-30H2,1-4H3/t32-,42+,44-,46+/m0/s1. The van der Waals surface area contributed by atoms with Crippen molar-refractivity contribution in [3.8, 4) is 5.75 Å². The first-order chi connectivity index (χ1) is 27.5. The van der Waals surface area contributed by atoms with E-state index in [2.05, 4.69) is 32.2 Å². The normalized spacial score (nSPS) is 20.1. The molecule has 11 heteroatoms. The van der Waals surface area contributed by atoms with Gasteiger partial charge in [0, 0.05) is 41.0 Å². The molecule has 0 bridgehead atoms. The van der Waals surface area contributed by atoms with Crippen LogP contribution in [-0.4, -0.2) is 62.7 Å². The maximum Gasteiger partial charge on any atom is 0.264 e. The molecule has 1 saturated heterocycles. The summed E-state index contributed by atoms with van der Waals surface area (Å²) in [7, 11) is -0.916. The zero-order chi connectivity index (χ0) is 40.3. The average Bonchev–Trinajstić information content (AvgIpc) is 3.64. The lowest BCUT2D eigenvalue weighted by Gasteiger charge is -2.37. The Morgan fingerprint density at radius 2 is 1.58 bits per heavy atom. The molecule has 5 aromatic rings. The molecule has 2 aliphatic rings. The smallest absolute Gasteiger partial charge is 0.264 e. The van der Waals surface area contributed by atoms with Crippen molar-refractivity contribution in [3.63, 3.8) is 0 Å². The van der Waals surface area contributed by atoms with Crippen LogP contribution in [0.1, 0.15) is 30.0 Å². The van der Waals surface area contributed by atoms with Gasteiger partial charge in [-0.3, -0.25) is 19.3 Å². The summed E-state index contributed by atoms with van der Waals surface area (Å²) in [4.78, 5) is 47.1. The first-order valence-corrected chi connectivity index (χ1v) is 22.7. The van der Waals surface area contributed by atoms with E-state index in [9.17, 15) is 14.7 Å². The lowest BCUT2D eigenvalue weighted by Crippen LogP contribution is -2.52. The van der Waals surface area contributed by atoms with Gasteiger partial charge in [-0.2, -0.15) is 0 Å². The molecule has 57 heavy (non-hydrogen) atoms. The lowest BCUT2D eigenvalue weighted by molar-refractivity contribution is -0.150. The summed E-state index contributed by atoms with van der Waals surface area (Å²) in [5.74, 6) is 0.0145. The first kappa shape index (κ1) is 40.0. The number of aliphatic hydroxyl groups excluding tert-OH is 1. The molecule has 4 atom stereocenters. The molecule has 7 rings (SSSR count). The van der Waals surface area contributed by atoms with E-state index < -0.39 is 19.8 Å². The van der Waals surface area contributed by atoms with E-state index in [0.29, 0.717) is 28.5 Å². The summed E-state index contributed by atoms with van der Waals surface area (Å²) < 4.78 is 12.7. The van der Waals surface area contributed by atoms with Gasteiger partial charge in [0.15, 0.2) is 5.60 Å². The third kappa shape index (κ3) is 7.62. The van der Waals surface area contributed by atoms with Gasteiger partial charge in [0.2, 0.25) is 12.3 Å². The van der Waals surface area contributed by atoms with E-state index in [1.165, 1.54) is 0 Å². The number of hydrogen-bond donors (Lipinski definition) is 1. The summed E-state index contributed by atoms with van der Waals surface area (Å²) in [5.41, 5.74) is 2.94. The van der Waals surface area contributed by atoms with Gasteiger partial charge < -0.3 is 24.4 Å². The maximum absolute atomic E-state index is 15.4. The van der Waals surface area contributed by atoms with Crippen LogP contribution in [0.2, 0.25) is 23.7 Å². The van der Waals surface area contributed by atoms with Crippen LogP contribution in [-0.2, 0) is 37.8 Å². The average molecular weight is 802 g/mol. The van der Waals surface area contributed by atoms with Gasteiger partial charge in [-0.25, -0.2) is 0 Å². The Kier molecular flexibility index (Phi) is 11.7. The van der Waals surface area contributed by atoms with Crippen molar-refractivity contribution in [2.75, 3.05) is 30.1 Å². The van der Waals surface area contributed by atoms with Gasteiger partial charge in [0.05, 0.1) is 46.5 Å². The third-order valence-electron chi connectivity index (χ3n) is 11.8. The fraction of sp³-hybridized carbons (Fsp3) is 0.283. The Hall–Kier alpha value is -5.26. The largest absolute Gasteiger partial charge is 0.497 e. The van der Waals surface area contributed by atoms with Crippen LogP contribution < -0.4 is 19.7 Å². The van der Waals surface area contributed by atoms with Gasteiger partial charge >= 0.3 is 0 Å². The molecule has 2 heterocycles. The molecule has 0 saturated carbocycles. The van der Waals surface area contributed by atoms with Crippen LogP contribution in [0.3, 0.4) is 0 Å². The summed E-state index contributed by atoms with van der Waals surface area (Å²) >= 11 is 6.73.